The van der Waals surface area contributed by atoms with E-state index < -0.39 is 23.7 Å². The summed E-state index contributed by atoms with van der Waals surface area (Å²) in [7, 11) is 3.19. The smallest absolute Gasteiger partial charge is 0.315 e. The fraction of sp³-hybridized carbons (Fsp3) is 0.467. The van der Waals surface area contributed by atoms with Gasteiger partial charge in [0.05, 0.1) is 0 Å². The first kappa shape index (κ1) is 17.9. The van der Waals surface area contributed by atoms with Crippen LogP contribution in [-0.4, -0.2) is 43.5 Å². The maximum absolute atomic E-state index is 13.6. The van der Waals surface area contributed by atoms with Crippen molar-refractivity contribution < 1.29 is 18.4 Å². The highest BCUT2D eigenvalue weighted by molar-refractivity contribution is 5.86. The second-order valence-corrected chi connectivity index (χ2v) is 5.38. The molecule has 3 amide bonds. The van der Waals surface area contributed by atoms with Crippen LogP contribution in [0.5, 0.6) is 0 Å². The predicted octanol–water partition coefficient (Wildman–Crippen LogP) is 1.84. The van der Waals surface area contributed by atoms with E-state index in [4.69, 9.17) is 0 Å². The van der Waals surface area contributed by atoms with Crippen molar-refractivity contribution in [1.29, 1.82) is 0 Å². The van der Waals surface area contributed by atoms with Gasteiger partial charge in [-0.15, -0.1) is 0 Å². The molecule has 0 radical (unpaired) electrons. The van der Waals surface area contributed by atoms with Gasteiger partial charge in [0.1, 0.15) is 17.7 Å². The van der Waals surface area contributed by atoms with E-state index in [1.54, 1.807) is 27.9 Å². The average molecular weight is 313 g/mol. The second kappa shape index (κ2) is 7.72. The Kier molecular flexibility index (Phi) is 6.27. The third-order valence-corrected chi connectivity index (χ3v) is 3.22. The zero-order chi connectivity index (χ0) is 16.9. The summed E-state index contributed by atoms with van der Waals surface area (Å²) in [5.41, 5.74) is 0.319. The van der Waals surface area contributed by atoms with Gasteiger partial charge in [0, 0.05) is 32.6 Å². The number of nitrogens with one attached hydrogen (secondary N) is 2. The van der Waals surface area contributed by atoms with Gasteiger partial charge in [-0.2, -0.15) is 0 Å². The number of hydrogen-bond acceptors (Lipinski definition) is 2. The van der Waals surface area contributed by atoms with Crippen molar-refractivity contribution in [1.82, 2.24) is 15.5 Å². The number of urea groups is 1. The topological polar surface area (TPSA) is 61.4 Å². The van der Waals surface area contributed by atoms with Crippen molar-refractivity contribution in [3.63, 3.8) is 0 Å². The Balaban J connectivity index is 2.51. The molecular formula is C15H21F2N3O2. The number of rotatable bonds is 5. The SMILES string of the molecule is C[C@H](NC(=O)NC[C@@H](C)c1ccc(F)cc1F)C(=O)N(C)C. The minimum Gasteiger partial charge on any atom is -0.347 e. The van der Waals surface area contributed by atoms with Gasteiger partial charge < -0.3 is 15.5 Å². The van der Waals surface area contributed by atoms with Crippen LogP contribution in [0.15, 0.2) is 18.2 Å². The van der Waals surface area contributed by atoms with E-state index in [0.717, 1.165) is 6.07 Å². The van der Waals surface area contributed by atoms with E-state index >= 15 is 0 Å². The fourth-order valence-corrected chi connectivity index (χ4v) is 1.95. The Morgan fingerprint density at radius 3 is 2.41 bits per heavy atom. The van der Waals surface area contributed by atoms with Gasteiger partial charge >= 0.3 is 6.03 Å². The highest BCUT2D eigenvalue weighted by atomic mass is 19.1. The van der Waals surface area contributed by atoms with Crippen LogP contribution in [-0.2, 0) is 4.79 Å². The summed E-state index contributed by atoms with van der Waals surface area (Å²) in [5, 5.41) is 5.06. The van der Waals surface area contributed by atoms with Crippen LogP contribution in [0.4, 0.5) is 13.6 Å². The molecule has 1 aromatic rings. The Labute approximate surface area is 128 Å². The molecule has 0 aliphatic heterocycles. The molecule has 22 heavy (non-hydrogen) atoms. The first-order valence-electron chi connectivity index (χ1n) is 6.92. The Morgan fingerprint density at radius 2 is 1.86 bits per heavy atom. The lowest BCUT2D eigenvalue weighted by Crippen LogP contribution is -2.48. The third-order valence-electron chi connectivity index (χ3n) is 3.22. The van der Waals surface area contributed by atoms with Gasteiger partial charge in [-0.1, -0.05) is 13.0 Å². The number of benzene rings is 1. The van der Waals surface area contributed by atoms with E-state index in [1.165, 1.54) is 17.0 Å². The molecular weight excluding hydrogens is 292 g/mol. The highest BCUT2D eigenvalue weighted by Gasteiger charge is 2.18. The van der Waals surface area contributed by atoms with E-state index in [9.17, 15) is 18.4 Å². The maximum atomic E-state index is 13.6. The standard InChI is InChI=1S/C15H21F2N3O2/c1-9(12-6-5-11(16)7-13(12)17)8-18-15(22)19-10(2)14(21)20(3)4/h5-7,9-10H,8H2,1-4H3,(H2,18,19,22)/t9-,10+/m1/s1. The lowest BCUT2D eigenvalue weighted by Gasteiger charge is -2.19. The van der Waals surface area contributed by atoms with Crippen molar-refractivity contribution in [2.45, 2.75) is 25.8 Å². The van der Waals surface area contributed by atoms with Crippen molar-refractivity contribution in [3.05, 3.63) is 35.4 Å². The molecule has 2 N–H and O–H groups in total. The summed E-state index contributed by atoms with van der Waals surface area (Å²) in [4.78, 5) is 24.7. The first-order valence-corrected chi connectivity index (χ1v) is 6.92. The van der Waals surface area contributed by atoms with Gasteiger partial charge in [0.2, 0.25) is 5.91 Å². The van der Waals surface area contributed by atoms with Crippen LogP contribution < -0.4 is 10.6 Å². The van der Waals surface area contributed by atoms with E-state index in [0.29, 0.717) is 5.56 Å². The normalized spacial score (nSPS) is 13.2. The van der Waals surface area contributed by atoms with E-state index in [-0.39, 0.29) is 18.4 Å². The molecule has 0 saturated heterocycles. The van der Waals surface area contributed by atoms with Crippen molar-refractivity contribution in [2.75, 3.05) is 20.6 Å². The summed E-state index contributed by atoms with van der Waals surface area (Å²) < 4.78 is 26.5. The molecule has 1 aromatic carbocycles. The van der Waals surface area contributed by atoms with Gasteiger partial charge in [-0.05, 0) is 18.6 Å². The third kappa shape index (κ3) is 4.98. The van der Waals surface area contributed by atoms with Crippen molar-refractivity contribution in [2.24, 2.45) is 0 Å². The molecule has 0 fully saturated rings. The maximum Gasteiger partial charge on any atom is 0.315 e. The lowest BCUT2D eigenvalue weighted by atomic mass is 10.0. The Hall–Kier alpha value is -2.18. The summed E-state index contributed by atoms with van der Waals surface area (Å²) in [6, 6.07) is 2.16. The van der Waals surface area contributed by atoms with Crippen molar-refractivity contribution >= 4 is 11.9 Å². The molecule has 0 unspecified atom stereocenters. The van der Waals surface area contributed by atoms with Gasteiger partial charge in [0.15, 0.2) is 0 Å². The first-order chi connectivity index (χ1) is 10.2. The van der Waals surface area contributed by atoms with Gasteiger partial charge in [-0.3, -0.25) is 4.79 Å². The summed E-state index contributed by atoms with van der Waals surface area (Å²) in [5.74, 6) is -1.85. The molecule has 0 heterocycles. The highest BCUT2D eigenvalue weighted by Crippen LogP contribution is 2.19. The van der Waals surface area contributed by atoms with Crippen LogP contribution in [0.3, 0.4) is 0 Å². The summed E-state index contributed by atoms with van der Waals surface area (Å²) in [6.07, 6.45) is 0. The molecule has 0 aliphatic rings. The number of halogens is 2. The molecule has 122 valence electrons. The number of amides is 3. The van der Waals surface area contributed by atoms with E-state index in [1.807, 2.05) is 0 Å². The summed E-state index contributed by atoms with van der Waals surface area (Å²) in [6.45, 7) is 3.45. The largest absolute Gasteiger partial charge is 0.347 e. The summed E-state index contributed by atoms with van der Waals surface area (Å²) >= 11 is 0. The molecule has 2 atom stereocenters. The quantitative estimate of drug-likeness (QED) is 0.871. The number of carbonyl (C=O) groups is 2. The van der Waals surface area contributed by atoms with Gasteiger partial charge in [0.25, 0.3) is 0 Å². The molecule has 0 aromatic heterocycles. The van der Waals surface area contributed by atoms with Crippen LogP contribution in [0.2, 0.25) is 0 Å². The number of hydrogen-bond donors (Lipinski definition) is 2. The minimum absolute atomic E-state index is 0.164. The molecule has 5 nitrogen and oxygen atoms in total. The molecule has 0 aliphatic carbocycles. The number of carbonyl (C=O) groups excluding carboxylic acids is 2. The van der Waals surface area contributed by atoms with Crippen LogP contribution in [0, 0.1) is 11.6 Å². The molecule has 1 rings (SSSR count). The van der Waals surface area contributed by atoms with Crippen LogP contribution in [0.1, 0.15) is 25.3 Å². The lowest BCUT2D eigenvalue weighted by molar-refractivity contribution is -0.130. The second-order valence-electron chi connectivity index (χ2n) is 5.38. The van der Waals surface area contributed by atoms with Gasteiger partial charge in [-0.25, -0.2) is 13.6 Å². The average Bonchev–Trinajstić information content (AvgIpc) is 2.43. The zero-order valence-electron chi connectivity index (χ0n) is 13.1. The molecule has 7 heteroatoms. The predicted molar refractivity (Wildman–Crippen MR) is 79.5 cm³/mol. The molecule has 0 saturated carbocycles. The fourth-order valence-electron chi connectivity index (χ4n) is 1.95. The van der Waals surface area contributed by atoms with Crippen molar-refractivity contribution in [3.8, 4) is 0 Å². The Morgan fingerprint density at radius 1 is 1.23 bits per heavy atom. The zero-order valence-corrected chi connectivity index (χ0v) is 13.1. The van der Waals surface area contributed by atoms with E-state index in [2.05, 4.69) is 10.6 Å². The molecule has 0 bridgehead atoms. The number of likely N-dealkylation sites (N-methyl/N-ethyl adjacent to an activating group) is 1. The monoisotopic (exact) mass is 313 g/mol. The van der Waals surface area contributed by atoms with Crippen LogP contribution >= 0.6 is 0 Å². The number of nitrogens with zero attached hydrogens (tertiary/aromatic N) is 1. The van der Waals surface area contributed by atoms with Crippen LogP contribution in [0.25, 0.3) is 0 Å². The minimum atomic E-state index is -0.659. The molecule has 0 spiro atoms. The Bertz CT molecular complexity index is 550.